The largest absolute Gasteiger partial charge is 0.462 e. The number of aryl methyl sites for hydroxylation is 1. The zero-order valence-electron chi connectivity index (χ0n) is 14.1. The number of hydrogen-bond acceptors (Lipinski definition) is 6. The molecular formula is C17H23NO5S. The first-order chi connectivity index (χ1) is 11.5. The van der Waals surface area contributed by atoms with Gasteiger partial charge in [0.2, 0.25) is 0 Å². The van der Waals surface area contributed by atoms with Crippen LogP contribution in [0, 0.1) is 0 Å². The average Bonchev–Trinajstić information content (AvgIpc) is 2.82. The second kappa shape index (κ2) is 8.82. The Bertz CT molecular complexity index is 623. The predicted octanol–water partition coefficient (Wildman–Crippen LogP) is 3.09. The normalized spacial score (nSPS) is 14.1. The molecule has 1 aliphatic rings. The molecule has 0 aromatic carbocycles. The number of hydrogen-bond donors (Lipinski definition) is 1. The van der Waals surface area contributed by atoms with Crippen LogP contribution in [0.3, 0.4) is 0 Å². The van der Waals surface area contributed by atoms with Crippen molar-refractivity contribution in [2.75, 3.05) is 18.5 Å². The lowest BCUT2D eigenvalue weighted by molar-refractivity contribution is -0.144. The summed E-state index contributed by atoms with van der Waals surface area (Å²) in [4.78, 5) is 36.3. The van der Waals surface area contributed by atoms with E-state index in [0.717, 1.165) is 42.5 Å². The van der Waals surface area contributed by atoms with Crippen LogP contribution in [-0.2, 0) is 31.9 Å². The molecule has 1 amide bonds. The van der Waals surface area contributed by atoms with Gasteiger partial charge in [-0.15, -0.1) is 11.3 Å². The van der Waals surface area contributed by atoms with Crippen LogP contribution >= 0.6 is 11.3 Å². The first-order valence-electron chi connectivity index (χ1n) is 8.27. The molecule has 0 spiro atoms. The van der Waals surface area contributed by atoms with E-state index in [-0.39, 0.29) is 13.2 Å². The van der Waals surface area contributed by atoms with Gasteiger partial charge in [-0.2, -0.15) is 0 Å². The zero-order valence-corrected chi connectivity index (χ0v) is 14.9. The maximum Gasteiger partial charge on any atom is 0.341 e. The first-order valence-corrected chi connectivity index (χ1v) is 9.09. The van der Waals surface area contributed by atoms with Crippen molar-refractivity contribution in [3.63, 3.8) is 0 Å². The molecule has 0 radical (unpaired) electrons. The van der Waals surface area contributed by atoms with Crippen LogP contribution < -0.4 is 5.32 Å². The first kappa shape index (κ1) is 18.4. The molecular weight excluding hydrogens is 330 g/mol. The van der Waals surface area contributed by atoms with Crippen LogP contribution in [0.4, 0.5) is 5.00 Å². The number of nitrogens with one attached hydrogen (secondary N) is 1. The Hall–Kier alpha value is -1.89. The molecule has 7 heteroatoms. The summed E-state index contributed by atoms with van der Waals surface area (Å²) in [6.45, 7) is 2.92. The van der Waals surface area contributed by atoms with E-state index in [4.69, 9.17) is 9.47 Å². The van der Waals surface area contributed by atoms with Gasteiger partial charge in [-0.25, -0.2) is 4.79 Å². The summed E-state index contributed by atoms with van der Waals surface area (Å²) in [6.07, 6.45) is 6.16. The van der Waals surface area contributed by atoms with E-state index in [2.05, 4.69) is 5.32 Å². The SMILES string of the molecule is CCOC(=O)c1c(NC(=O)COC(C)=O)sc2c1CCCCCC2. The summed E-state index contributed by atoms with van der Waals surface area (Å²) in [5.74, 6) is -1.38. The highest BCUT2D eigenvalue weighted by Crippen LogP contribution is 2.37. The fourth-order valence-corrected chi connectivity index (χ4v) is 4.05. The number of esters is 2. The van der Waals surface area contributed by atoms with Crippen molar-refractivity contribution in [1.29, 1.82) is 0 Å². The predicted molar refractivity (Wildman–Crippen MR) is 91.4 cm³/mol. The van der Waals surface area contributed by atoms with E-state index >= 15 is 0 Å². The fourth-order valence-electron chi connectivity index (χ4n) is 2.76. The number of amides is 1. The molecule has 24 heavy (non-hydrogen) atoms. The minimum Gasteiger partial charge on any atom is -0.462 e. The number of carbonyl (C=O) groups is 3. The molecule has 1 aliphatic carbocycles. The van der Waals surface area contributed by atoms with Crippen molar-refractivity contribution in [1.82, 2.24) is 0 Å². The molecule has 0 fully saturated rings. The van der Waals surface area contributed by atoms with E-state index in [0.29, 0.717) is 10.6 Å². The molecule has 132 valence electrons. The third-order valence-corrected chi connectivity index (χ3v) is 5.02. The van der Waals surface area contributed by atoms with Gasteiger partial charge in [0.05, 0.1) is 12.2 Å². The number of anilines is 1. The Morgan fingerprint density at radius 1 is 1.08 bits per heavy atom. The van der Waals surface area contributed by atoms with Crippen molar-refractivity contribution < 1.29 is 23.9 Å². The highest BCUT2D eigenvalue weighted by molar-refractivity contribution is 7.17. The second-order valence-electron chi connectivity index (χ2n) is 5.67. The Kier molecular flexibility index (Phi) is 6.78. The van der Waals surface area contributed by atoms with Crippen LogP contribution in [0.5, 0.6) is 0 Å². The third-order valence-electron chi connectivity index (χ3n) is 3.81. The quantitative estimate of drug-likeness (QED) is 0.823. The number of ether oxygens (including phenoxy) is 2. The number of carbonyl (C=O) groups excluding carboxylic acids is 3. The van der Waals surface area contributed by atoms with Gasteiger partial charge in [0, 0.05) is 11.8 Å². The summed E-state index contributed by atoms with van der Waals surface area (Å²) >= 11 is 1.43. The summed E-state index contributed by atoms with van der Waals surface area (Å²) in [5.41, 5.74) is 1.47. The molecule has 1 N–H and O–H groups in total. The third kappa shape index (κ3) is 4.80. The van der Waals surface area contributed by atoms with E-state index in [9.17, 15) is 14.4 Å². The van der Waals surface area contributed by atoms with Crippen molar-refractivity contribution in [3.8, 4) is 0 Å². The summed E-state index contributed by atoms with van der Waals surface area (Å²) in [5, 5.41) is 3.20. The molecule has 0 aliphatic heterocycles. The second-order valence-corrected chi connectivity index (χ2v) is 6.78. The van der Waals surface area contributed by atoms with Gasteiger partial charge in [0.15, 0.2) is 6.61 Å². The lowest BCUT2D eigenvalue weighted by atomic mass is 9.96. The molecule has 0 saturated carbocycles. The molecule has 1 heterocycles. The Morgan fingerprint density at radius 2 is 1.79 bits per heavy atom. The number of thiophene rings is 1. The summed E-state index contributed by atoms with van der Waals surface area (Å²) < 4.78 is 9.88. The van der Waals surface area contributed by atoms with Crippen molar-refractivity contribution >= 4 is 34.2 Å². The Balaban J connectivity index is 2.27. The van der Waals surface area contributed by atoms with E-state index in [1.807, 2.05) is 0 Å². The van der Waals surface area contributed by atoms with E-state index < -0.39 is 17.8 Å². The molecule has 1 aromatic rings. The standard InChI is InChI=1S/C17H23NO5S/c1-3-22-17(21)15-12-8-6-4-5-7-9-13(12)24-16(15)18-14(20)10-23-11(2)19/h3-10H2,1-2H3,(H,18,20). The van der Waals surface area contributed by atoms with Crippen LogP contribution in [0.2, 0.25) is 0 Å². The van der Waals surface area contributed by atoms with Crippen LogP contribution in [-0.4, -0.2) is 31.1 Å². The molecule has 2 rings (SSSR count). The van der Waals surface area contributed by atoms with Gasteiger partial charge in [-0.05, 0) is 38.2 Å². The van der Waals surface area contributed by atoms with Gasteiger partial charge in [-0.1, -0.05) is 12.8 Å². The number of rotatable bonds is 5. The average molecular weight is 353 g/mol. The smallest absolute Gasteiger partial charge is 0.341 e. The lowest BCUT2D eigenvalue weighted by Crippen LogP contribution is -2.21. The maximum absolute atomic E-state index is 12.4. The highest BCUT2D eigenvalue weighted by atomic mass is 32.1. The van der Waals surface area contributed by atoms with Gasteiger partial charge >= 0.3 is 11.9 Å². The molecule has 0 unspecified atom stereocenters. The monoisotopic (exact) mass is 353 g/mol. The van der Waals surface area contributed by atoms with E-state index in [1.54, 1.807) is 6.92 Å². The molecule has 0 bridgehead atoms. The molecule has 1 aromatic heterocycles. The fraction of sp³-hybridized carbons (Fsp3) is 0.588. The lowest BCUT2D eigenvalue weighted by Gasteiger charge is -2.11. The van der Waals surface area contributed by atoms with Crippen LogP contribution in [0.1, 0.15) is 60.3 Å². The van der Waals surface area contributed by atoms with Crippen LogP contribution in [0.25, 0.3) is 0 Å². The molecule has 0 atom stereocenters. The minimum absolute atomic E-state index is 0.282. The Morgan fingerprint density at radius 3 is 2.46 bits per heavy atom. The van der Waals surface area contributed by atoms with Gasteiger partial charge in [0.1, 0.15) is 5.00 Å². The van der Waals surface area contributed by atoms with Gasteiger partial charge in [0.25, 0.3) is 5.91 Å². The maximum atomic E-state index is 12.4. The minimum atomic E-state index is -0.519. The van der Waals surface area contributed by atoms with Gasteiger partial charge in [-0.3, -0.25) is 9.59 Å². The summed E-state index contributed by atoms with van der Waals surface area (Å²) in [7, 11) is 0. The topological polar surface area (TPSA) is 81.7 Å². The molecule has 6 nitrogen and oxygen atoms in total. The van der Waals surface area contributed by atoms with Gasteiger partial charge < -0.3 is 14.8 Å². The highest BCUT2D eigenvalue weighted by Gasteiger charge is 2.26. The summed E-state index contributed by atoms with van der Waals surface area (Å²) in [6, 6.07) is 0. The Labute approximate surface area is 145 Å². The molecule has 0 saturated heterocycles. The van der Waals surface area contributed by atoms with E-state index in [1.165, 1.54) is 24.7 Å². The van der Waals surface area contributed by atoms with Crippen LogP contribution in [0.15, 0.2) is 0 Å². The van der Waals surface area contributed by atoms with Crippen molar-refractivity contribution in [2.24, 2.45) is 0 Å². The van der Waals surface area contributed by atoms with Crippen molar-refractivity contribution in [2.45, 2.75) is 52.4 Å². The number of fused-ring (bicyclic) bond motifs is 1. The zero-order chi connectivity index (χ0) is 17.5. The van der Waals surface area contributed by atoms with Crippen molar-refractivity contribution in [3.05, 3.63) is 16.0 Å².